The SMILES string of the molecule is c1ccc(-c2ccccc2-c2c(-c3ccccc3)cccc2N(c2ccc(-c3cccc4sc5ccccc5c34)cc2)c2cccc3c2c2ccccc2n3-c2ccccc2)cc1. The van der Waals surface area contributed by atoms with E-state index in [4.69, 9.17) is 0 Å². The zero-order valence-corrected chi connectivity index (χ0v) is 35.2. The molecule has 2 aromatic heterocycles. The summed E-state index contributed by atoms with van der Waals surface area (Å²) >= 11 is 1.86. The van der Waals surface area contributed by atoms with E-state index in [1.165, 1.54) is 81.0 Å². The number of rotatable bonds is 8. The summed E-state index contributed by atoms with van der Waals surface area (Å²) in [5.74, 6) is 0. The van der Waals surface area contributed by atoms with Crippen LogP contribution < -0.4 is 4.90 Å². The Hall–Kier alpha value is -7.98. The van der Waals surface area contributed by atoms with Crippen molar-refractivity contribution < 1.29 is 0 Å². The third kappa shape index (κ3) is 6.24. The average Bonchev–Trinajstić information content (AvgIpc) is 3.92. The van der Waals surface area contributed by atoms with Crippen LogP contribution in [0.15, 0.2) is 243 Å². The molecule has 0 bridgehead atoms. The molecule has 2 nitrogen and oxygen atoms in total. The van der Waals surface area contributed by atoms with Gasteiger partial charge in [-0.3, -0.25) is 0 Å². The Labute approximate surface area is 370 Å². The molecule has 296 valence electrons. The lowest BCUT2D eigenvalue weighted by Gasteiger charge is -2.30. The van der Waals surface area contributed by atoms with Crippen LogP contribution >= 0.6 is 11.3 Å². The fraction of sp³-hybridized carbons (Fsp3) is 0. The summed E-state index contributed by atoms with van der Waals surface area (Å²) in [6.45, 7) is 0. The van der Waals surface area contributed by atoms with Crippen LogP contribution in [0.25, 0.3) is 92.2 Å². The zero-order valence-electron chi connectivity index (χ0n) is 34.4. The smallest absolute Gasteiger partial charge is 0.0562 e. The van der Waals surface area contributed by atoms with Gasteiger partial charge in [0.1, 0.15) is 0 Å². The van der Waals surface area contributed by atoms with Crippen LogP contribution in [0.4, 0.5) is 17.1 Å². The molecule has 2 heterocycles. The van der Waals surface area contributed by atoms with Gasteiger partial charge in [-0.2, -0.15) is 0 Å². The van der Waals surface area contributed by atoms with Crippen LogP contribution in [0.2, 0.25) is 0 Å². The van der Waals surface area contributed by atoms with Crippen molar-refractivity contribution in [3.63, 3.8) is 0 Å². The highest BCUT2D eigenvalue weighted by atomic mass is 32.1. The highest BCUT2D eigenvalue weighted by Gasteiger charge is 2.26. The molecule has 0 spiro atoms. The first-order chi connectivity index (χ1) is 31.3. The summed E-state index contributed by atoms with van der Waals surface area (Å²) in [5, 5.41) is 5.02. The molecule has 3 heteroatoms. The predicted octanol–water partition coefficient (Wildman–Crippen LogP) is 17.3. The fourth-order valence-corrected chi connectivity index (χ4v) is 10.8. The molecule has 0 radical (unpaired) electrons. The van der Waals surface area contributed by atoms with Gasteiger partial charge in [0.2, 0.25) is 0 Å². The van der Waals surface area contributed by atoms with Crippen molar-refractivity contribution in [1.82, 2.24) is 4.57 Å². The molecule has 12 aromatic rings. The molecule has 0 atom stereocenters. The second-order valence-corrected chi connectivity index (χ2v) is 17.1. The van der Waals surface area contributed by atoms with Crippen molar-refractivity contribution in [2.24, 2.45) is 0 Å². The second-order valence-electron chi connectivity index (χ2n) is 16.0. The van der Waals surface area contributed by atoms with E-state index >= 15 is 0 Å². The van der Waals surface area contributed by atoms with Crippen molar-refractivity contribution in [2.45, 2.75) is 0 Å². The molecule has 0 aliphatic carbocycles. The molecule has 0 saturated heterocycles. The number of fused-ring (bicyclic) bond motifs is 6. The number of hydrogen-bond acceptors (Lipinski definition) is 2. The van der Waals surface area contributed by atoms with Crippen molar-refractivity contribution in [3.8, 4) is 50.2 Å². The molecular weight excluding hydrogens is 781 g/mol. The number of hydrogen-bond donors (Lipinski definition) is 0. The minimum atomic E-state index is 1.08. The van der Waals surface area contributed by atoms with Crippen LogP contribution in [-0.2, 0) is 0 Å². The monoisotopic (exact) mass is 820 g/mol. The van der Waals surface area contributed by atoms with E-state index in [0.29, 0.717) is 0 Å². The van der Waals surface area contributed by atoms with Gasteiger partial charge in [0, 0.05) is 47.9 Å². The number of aromatic nitrogens is 1. The molecule has 0 aliphatic rings. The Kier molecular flexibility index (Phi) is 9.06. The van der Waals surface area contributed by atoms with Crippen LogP contribution in [-0.4, -0.2) is 4.57 Å². The van der Waals surface area contributed by atoms with Gasteiger partial charge < -0.3 is 9.47 Å². The number of thiophene rings is 1. The number of benzene rings is 10. The lowest BCUT2D eigenvalue weighted by atomic mass is 9.87. The highest BCUT2D eigenvalue weighted by molar-refractivity contribution is 7.25. The fourth-order valence-electron chi connectivity index (χ4n) is 9.69. The van der Waals surface area contributed by atoms with Gasteiger partial charge in [-0.1, -0.05) is 182 Å². The first-order valence-electron chi connectivity index (χ1n) is 21.5. The summed E-state index contributed by atoms with van der Waals surface area (Å²) in [4.78, 5) is 2.51. The Morgan fingerprint density at radius 1 is 0.317 bits per heavy atom. The molecule has 0 saturated carbocycles. The average molecular weight is 821 g/mol. The van der Waals surface area contributed by atoms with E-state index in [-0.39, 0.29) is 0 Å². The molecule has 63 heavy (non-hydrogen) atoms. The lowest BCUT2D eigenvalue weighted by molar-refractivity contribution is 1.18. The van der Waals surface area contributed by atoms with Crippen molar-refractivity contribution in [3.05, 3.63) is 243 Å². The maximum atomic E-state index is 2.51. The van der Waals surface area contributed by atoms with Gasteiger partial charge in [0.05, 0.1) is 22.4 Å². The molecule has 0 amide bonds. The standard InChI is InChI=1S/C60H40N2S/c1-4-19-41(20-5-1)46-25-10-11-26-49(46)58-47(42-21-6-2-7-22-42)29-16-32-53(58)62(45-39-37-43(38-40-45)48-30-17-36-57-59(48)51-28-13-15-35-56(51)63-57)55-34-18-33-54-60(55)50-27-12-14-31-52(50)61(54)44-23-8-3-9-24-44/h1-40H. The Balaban J connectivity index is 1.16. The third-order valence-electron chi connectivity index (χ3n) is 12.4. The number of nitrogens with zero attached hydrogens (tertiary/aromatic N) is 2. The van der Waals surface area contributed by atoms with Gasteiger partial charge in [0.15, 0.2) is 0 Å². The minimum Gasteiger partial charge on any atom is -0.309 e. The molecule has 10 aromatic carbocycles. The van der Waals surface area contributed by atoms with Gasteiger partial charge >= 0.3 is 0 Å². The maximum absolute atomic E-state index is 2.51. The van der Waals surface area contributed by atoms with Crippen molar-refractivity contribution >= 4 is 70.4 Å². The summed E-state index contributed by atoms with van der Waals surface area (Å²) < 4.78 is 5.03. The third-order valence-corrected chi connectivity index (χ3v) is 13.6. The molecule has 0 N–H and O–H groups in total. The topological polar surface area (TPSA) is 8.17 Å². The van der Waals surface area contributed by atoms with E-state index < -0.39 is 0 Å². The van der Waals surface area contributed by atoms with Gasteiger partial charge in [-0.05, 0) is 99.6 Å². The van der Waals surface area contributed by atoms with Gasteiger partial charge in [-0.15, -0.1) is 11.3 Å². The first-order valence-corrected chi connectivity index (χ1v) is 22.3. The molecule has 12 rings (SSSR count). The predicted molar refractivity (Wildman–Crippen MR) is 270 cm³/mol. The van der Waals surface area contributed by atoms with E-state index in [2.05, 4.69) is 252 Å². The Morgan fingerprint density at radius 2 is 0.841 bits per heavy atom. The van der Waals surface area contributed by atoms with E-state index in [1.807, 2.05) is 11.3 Å². The molecule has 0 aliphatic heterocycles. The second kappa shape index (κ2) is 15.5. The summed E-state index contributed by atoms with van der Waals surface area (Å²) in [6, 6.07) is 88.5. The quantitative estimate of drug-likeness (QED) is 0.148. The Bertz CT molecular complexity index is 3600. The zero-order chi connectivity index (χ0) is 41.7. The maximum Gasteiger partial charge on any atom is 0.0562 e. The van der Waals surface area contributed by atoms with Crippen molar-refractivity contribution in [2.75, 3.05) is 4.90 Å². The summed E-state index contributed by atoms with van der Waals surface area (Å²) in [6.07, 6.45) is 0. The van der Waals surface area contributed by atoms with Gasteiger partial charge in [0.25, 0.3) is 0 Å². The van der Waals surface area contributed by atoms with E-state index in [1.54, 1.807) is 0 Å². The minimum absolute atomic E-state index is 1.08. The molecule has 0 fully saturated rings. The van der Waals surface area contributed by atoms with Crippen LogP contribution in [0.3, 0.4) is 0 Å². The number of anilines is 3. The van der Waals surface area contributed by atoms with Crippen LogP contribution in [0.5, 0.6) is 0 Å². The van der Waals surface area contributed by atoms with E-state index in [0.717, 1.165) is 28.3 Å². The van der Waals surface area contributed by atoms with Gasteiger partial charge in [-0.25, -0.2) is 0 Å². The summed E-state index contributed by atoms with van der Waals surface area (Å²) in [5.41, 5.74) is 16.3. The molecular formula is C60H40N2S. The lowest BCUT2D eigenvalue weighted by Crippen LogP contribution is -2.12. The highest BCUT2D eigenvalue weighted by Crippen LogP contribution is 2.51. The normalized spacial score (nSPS) is 11.5. The number of para-hydroxylation sites is 2. The van der Waals surface area contributed by atoms with Crippen molar-refractivity contribution in [1.29, 1.82) is 0 Å². The molecule has 0 unspecified atom stereocenters. The van der Waals surface area contributed by atoms with Crippen LogP contribution in [0.1, 0.15) is 0 Å². The first kappa shape index (κ1) is 36.8. The Morgan fingerprint density at radius 3 is 1.62 bits per heavy atom. The van der Waals surface area contributed by atoms with Crippen LogP contribution in [0, 0.1) is 0 Å². The van der Waals surface area contributed by atoms with E-state index in [9.17, 15) is 0 Å². The largest absolute Gasteiger partial charge is 0.309 e. The summed E-state index contributed by atoms with van der Waals surface area (Å²) in [7, 11) is 0.